The van der Waals surface area contributed by atoms with Gasteiger partial charge in [0.2, 0.25) is 5.91 Å². The highest BCUT2D eigenvalue weighted by Crippen LogP contribution is 2.26. The fourth-order valence-corrected chi connectivity index (χ4v) is 3.48. The maximum atomic E-state index is 12.3. The maximum absolute atomic E-state index is 12.3. The van der Waals surface area contributed by atoms with Crippen LogP contribution in [0.3, 0.4) is 0 Å². The lowest BCUT2D eigenvalue weighted by Crippen LogP contribution is -2.15. The number of methoxy groups -OCH3 is 2. The molecule has 0 fully saturated rings. The number of aromatic nitrogens is 1. The minimum atomic E-state index is -0.487. The van der Waals surface area contributed by atoms with Crippen molar-refractivity contribution < 1.29 is 19.1 Å². The fraction of sp³-hybridized carbons (Fsp3) is 0.190. The fourth-order valence-electron chi connectivity index (χ4n) is 2.62. The first kappa shape index (κ1) is 19.6. The number of para-hydroxylation sites is 1. The van der Waals surface area contributed by atoms with Crippen molar-refractivity contribution >= 4 is 28.9 Å². The first-order valence-corrected chi connectivity index (χ1v) is 9.54. The van der Waals surface area contributed by atoms with Gasteiger partial charge in [-0.1, -0.05) is 12.1 Å². The summed E-state index contributed by atoms with van der Waals surface area (Å²) in [6.07, 6.45) is 0.778. The molecule has 0 unspecified atom stereocenters. The van der Waals surface area contributed by atoms with Crippen molar-refractivity contribution in [1.82, 2.24) is 4.98 Å². The van der Waals surface area contributed by atoms with Gasteiger partial charge in [0, 0.05) is 17.4 Å². The number of ether oxygens (including phenoxy) is 2. The van der Waals surface area contributed by atoms with Crippen LogP contribution in [-0.4, -0.2) is 31.1 Å². The van der Waals surface area contributed by atoms with Crippen molar-refractivity contribution in [3.05, 3.63) is 65.2 Å². The van der Waals surface area contributed by atoms with Gasteiger partial charge < -0.3 is 14.8 Å². The summed E-state index contributed by atoms with van der Waals surface area (Å²) in [7, 11) is 2.94. The van der Waals surface area contributed by atoms with E-state index < -0.39 is 5.97 Å². The van der Waals surface area contributed by atoms with Gasteiger partial charge in [-0.05, 0) is 42.8 Å². The second kappa shape index (κ2) is 9.14. The van der Waals surface area contributed by atoms with Crippen LogP contribution in [0.5, 0.6) is 5.75 Å². The minimum Gasteiger partial charge on any atom is -0.497 e. The van der Waals surface area contributed by atoms with Crippen molar-refractivity contribution in [3.63, 3.8) is 0 Å². The van der Waals surface area contributed by atoms with E-state index in [4.69, 9.17) is 9.47 Å². The predicted molar refractivity (Wildman–Crippen MR) is 109 cm³/mol. The normalized spacial score (nSPS) is 10.4. The Kier molecular flexibility index (Phi) is 6.39. The number of carbonyl (C=O) groups is 2. The smallest absolute Gasteiger partial charge is 0.339 e. The van der Waals surface area contributed by atoms with Gasteiger partial charge in [-0.2, -0.15) is 0 Å². The van der Waals surface area contributed by atoms with Crippen LogP contribution >= 0.6 is 11.3 Å². The second-order valence-electron chi connectivity index (χ2n) is 5.96. The van der Waals surface area contributed by atoms with Crippen LogP contribution in [0.25, 0.3) is 10.6 Å². The first-order valence-electron chi connectivity index (χ1n) is 8.66. The molecule has 3 aromatic rings. The molecule has 2 aromatic carbocycles. The Hall–Kier alpha value is -3.19. The summed E-state index contributed by atoms with van der Waals surface area (Å²) in [6, 6.07) is 14.5. The third kappa shape index (κ3) is 4.75. The number of thiazole rings is 1. The summed E-state index contributed by atoms with van der Waals surface area (Å²) in [5.41, 5.74) is 2.63. The topological polar surface area (TPSA) is 77.5 Å². The van der Waals surface area contributed by atoms with E-state index >= 15 is 0 Å². The van der Waals surface area contributed by atoms with Gasteiger partial charge in [0.05, 0.1) is 31.2 Å². The monoisotopic (exact) mass is 396 g/mol. The van der Waals surface area contributed by atoms with E-state index in [-0.39, 0.29) is 12.3 Å². The molecule has 1 N–H and O–H groups in total. The Labute approximate surface area is 167 Å². The van der Waals surface area contributed by atoms with Gasteiger partial charge >= 0.3 is 5.97 Å². The van der Waals surface area contributed by atoms with E-state index in [0.29, 0.717) is 17.7 Å². The molecule has 1 heterocycles. The number of esters is 1. The van der Waals surface area contributed by atoms with Crippen LogP contribution in [0, 0.1) is 0 Å². The Balaban J connectivity index is 1.60. The maximum Gasteiger partial charge on any atom is 0.339 e. The van der Waals surface area contributed by atoms with E-state index in [2.05, 4.69) is 10.3 Å². The van der Waals surface area contributed by atoms with Crippen molar-refractivity contribution in [3.8, 4) is 16.3 Å². The third-order valence-corrected chi connectivity index (χ3v) is 5.04. The van der Waals surface area contributed by atoms with E-state index in [1.54, 1.807) is 31.4 Å². The zero-order chi connectivity index (χ0) is 19.9. The van der Waals surface area contributed by atoms with E-state index in [9.17, 15) is 9.59 Å². The zero-order valence-electron chi connectivity index (χ0n) is 15.6. The number of anilines is 1. The number of rotatable bonds is 7. The molecule has 0 saturated heterocycles. The van der Waals surface area contributed by atoms with E-state index in [1.165, 1.54) is 18.4 Å². The number of hydrogen-bond acceptors (Lipinski definition) is 6. The SMILES string of the molecule is COC(=O)c1ccccc1NC(=O)CCc1csc(-c2ccc(OC)cc2)n1. The largest absolute Gasteiger partial charge is 0.497 e. The van der Waals surface area contributed by atoms with Crippen LogP contribution in [0.1, 0.15) is 22.5 Å². The molecule has 1 amide bonds. The molecule has 0 aliphatic heterocycles. The molecule has 1 aromatic heterocycles. The number of nitrogens with zero attached hydrogens (tertiary/aromatic N) is 1. The second-order valence-corrected chi connectivity index (χ2v) is 6.82. The number of carbonyl (C=O) groups excluding carboxylic acids is 2. The average Bonchev–Trinajstić information content (AvgIpc) is 3.21. The molecule has 0 aliphatic rings. The molecular weight excluding hydrogens is 376 g/mol. The lowest BCUT2D eigenvalue weighted by Gasteiger charge is -2.09. The van der Waals surface area contributed by atoms with Crippen molar-refractivity contribution in [2.45, 2.75) is 12.8 Å². The van der Waals surface area contributed by atoms with Crippen molar-refractivity contribution in [2.75, 3.05) is 19.5 Å². The molecule has 3 rings (SSSR count). The molecule has 0 radical (unpaired) electrons. The average molecular weight is 396 g/mol. The quantitative estimate of drug-likeness (QED) is 0.606. The molecule has 6 nitrogen and oxygen atoms in total. The first-order chi connectivity index (χ1) is 13.6. The molecular formula is C21H20N2O4S. The highest BCUT2D eigenvalue weighted by molar-refractivity contribution is 7.13. The van der Waals surface area contributed by atoms with Crippen LogP contribution in [0.4, 0.5) is 5.69 Å². The predicted octanol–water partition coefficient (Wildman–Crippen LogP) is 4.18. The summed E-state index contributed by atoms with van der Waals surface area (Å²) in [4.78, 5) is 28.7. The molecule has 0 spiro atoms. The summed E-state index contributed by atoms with van der Waals surface area (Å²) in [5, 5.41) is 5.62. The van der Waals surface area contributed by atoms with Gasteiger partial charge in [-0.25, -0.2) is 9.78 Å². The van der Waals surface area contributed by atoms with Gasteiger partial charge in [0.25, 0.3) is 0 Å². The highest BCUT2D eigenvalue weighted by atomic mass is 32.1. The Morgan fingerprint density at radius 1 is 1.07 bits per heavy atom. The number of aryl methyl sites for hydroxylation is 1. The van der Waals surface area contributed by atoms with Crippen molar-refractivity contribution in [1.29, 1.82) is 0 Å². The molecule has 0 bridgehead atoms. The Morgan fingerprint density at radius 3 is 2.54 bits per heavy atom. The molecule has 0 atom stereocenters. The molecule has 7 heteroatoms. The van der Waals surface area contributed by atoms with Gasteiger partial charge in [0.1, 0.15) is 10.8 Å². The van der Waals surface area contributed by atoms with E-state index in [0.717, 1.165) is 22.0 Å². The van der Waals surface area contributed by atoms with E-state index in [1.807, 2.05) is 29.6 Å². The Morgan fingerprint density at radius 2 is 1.82 bits per heavy atom. The van der Waals surface area contributed by atoms with Gasteiger partial charge in [0.15, 0.2) is 0 Å². The molecule has 144 valence electrons. The third-order valence-electron chi connectivity index (χ3n) is 4.10. The van der Waals surface area contributed by atoms with Crippen LogP contribution < -0.4 is 10.1 Å². The van der Waals surface area contributed by atoms with Crippen LogP contribution in [-0.2, 0) is 16.0 Å². The molecule has 0 aliphatic carbocycles. The molecule has 28 heavy (non-hydrogen) atoms. The van der Waals surface area contributed by atoms with Crippen LogP contribution in [0.2, 0.25) is 0 Å². The molecule has 0 saturated carbocycles. The van der Waals surface area contributed by atoms with Crippen molar-refractivity contribution in [2.24, 2.45) is 0 Å². The summed E-state index contributed by atoms with van der Waals surface area (Å²) in [6.45, 7) is 0. The number of amides is 1. The lowest BCUT2D eigenvalue weighted by atomic mass is 10.1. The van der Waals surface area contributed by atoms with Crippen LogP contribution in [0.15, 0.2) is 53.9 Å². The van der Waals surface area contributed by atoms with Gasteiger partial charge in [-0.3, -0.25) is 4.79 Å². The highest BCUT2D eigenvalue weighted by Gasteiger charge is 2.14. The Bertz CT molecular complexity index is 967. The summed E-state index contributed by atoms with van der Waals surface area (Å²) >= 11 is 1.54. The lowest BCUT2D eigenvalue weighted by molar-refractivity contribution is -0.116. The zero-order valence-corrected chi connectivity index (χ0v) is 16.4. The standard InChI is InChI=1S/C21H20N2O4S/c1-26-16-10-7-14(8-11-16)20-22-15(13-28-20)9-12-19(24)23-18-6-4-3-5-17(18)21(25)27-2/h3-8,10-11,13H,9,12H2,1-2H3,(H,23,24). The van der Waals surface area contributed by atoms with Gasteiger partial charge in [-0.15, -0.1) is 11.3 Å². The number of benzene rings is 2. The number of hydrogen-bond donors (Lipinski definition) is 1. The number of nitrogens with one attached hydrogen (secondary N) is 1. The summed E-state index contributed by atoms with van der Waals surface area (Å²) in [5.74, 6) is 0.124. The minimum absolute atomic E-state index is 0.185. The summed E-state index contributed by atoms with van der Waals surface area (Å²) < 4.78 is 9.90.